The van der Waals surface area contributed by atoms with E-state index in [1.165, 1.54) is 0 Å². The molecule has 0 unspecified atom stereocenters. The Labute approximate surface area is 124 Å². The molecule has 0 bridgehead atoms. The summed E-state index contributed by atoms with van der Waals surface area (Å²) in [7, 11) is -3.34. The van der Waals surface area contributed by atoms with E-state index in [4.69, 9.17) is 5.73 Å². The van der Waals surface area contributed by atoms with Crippen LogP contribution >= 0.6 is 0 Å². The molecule has 6 heteroatoms. The minimum Gasteiger partial charge on any atom is -0.326 e. The topological polar surface area (TPSA) is 66.6 Å². The predicted molar refractivity (Wildman–Crippen MR) is 83.6 cm³/mol. The third-order valence-electron chi connectivity index (χ3n) is 3.75. The first kappa shape index (κ1) is 17.9. The number of hydrogen-bond acceptors (Lipinski definition) is 3. The molecule has 0 aromatic carbocycles. The molecule has 1 atom stereocenters. The van der Waals surface area contributed by atoms with E-state index < -0.39 is 10.2 Å². The van der Waals surface area contributed by atoms with E-state index in [-0.39, 0.29) is 6.04 Å². The van der Waals surface area contributed by atoms with E-state index in [0.717, 1.165) is 19.3 Å². The summed E-state index contributed by atoms with van der Waals surface area (Å²) in [6.07, 6.45) is 2.57. The molecule has 0 spiro atoms. The highest BCUT2D eigenvalue weighted by atomic mass is 32.2. The normalized spacial score (nSPS) is 21.5. The van der Waals surface area contributed by atoms with E-state index in [1.807, 2.05) is 0 Å². The third-order valence-corrected chi connectivity index (χ3v) is 5.75. The largest absolute Gasteiger partial charge is 0.326 e. The van der Waals surface area contributed by atoms with Gasteiger partial charge in [-0.15, -0.1) is 0 Å². The van der Waals surface area contributed by atoms with Crippen LogP contribution in [0.1, 0.15) is 47.0 Å². The average molecular weight is 305 g/mol. The molecule has 1 saturated heterocycles. The van der Waals surface area contributed by atoms with Crippen molar-refractivity contribution in [3.05, 3.63) is 0 Å². The number of rotatable bonds is 8. The molecular formula is C14H31N3O2S. The van der Waals surface area contributed by atoms with Crippen molar-refractivity contribution in [1.29, 1.82) is 0 Å². The van der Waals surface area contributed by atoms with Gasteiger partial charge in [-0.2, -0.15) is 17.0 Å². The first-order valence-corrected chi connectivity index (χ1v) is 9.14. The summed E-state index contributed by atoms with van der Waals surface area (Å²) in [5.74, 6) is 1.01. The molecule has 2 N–H and O–H groups in total. The van der Waals surface area contributed by atoms with Gasteiger partial charge in [-0.1, -0.05) is 27.7 Å². The molecule has 0 amide bonds. The standard InChI is InChI=1S/C14H31N3O2S/c1-12(2)5-8-16(9-6-13(3)4)20(18,19)17-10-7-14(15)11-17/h12-14H,5-11,15H2,1-4H3/t14-/m1/s1. The lowest BCUT2D eigenvalue weighted by Gasteiger charge is -2.28. The zero-order valence-electron chi connectivity index (χ0n) is 13.4. The zero-order valence-corrected chi connectivity index (χ0v) is 14.2. The predicted octanol–water partition coefficient (Wildman–Crippen LogP) is 1.66. The van der Waals surface area contributed by atoms with E-state index in [0.29, 0.717) is 38.0 Å². The maximum atomic E-state index is 12.7. The van der Waals surface area contributed by atoms with Crippen molar-refractivity contribution in [2.45, 2.75) is 53.0 Å². The molecule has 1 aliphatic rings. The van der Waals surface area contributed by atoms with Crippen molar-refractivity contribution in [1.82, 2.24) is 8.61 Å². The van der Waals surface area contributed by atoms with E-state index in [1.54, 1.807) is 8.61 Å². The summed E-state index contributed by atoms with van der Waals surface area (Å²) in [5, 5.41) is 0. The molecule has 0 saturated carbocycles. The Morgan fingerprint density at radius 2 is 1.65 bits per heavy atom. The van der Waals surface area contributed by atoms with Crippen LogP contribution in [0.2, 0.25) is 0 Å². The molecule has 20 heavy (non-hydrogen) atoms. The molecule has 1 fully saturated rings. The van der Waals surface area contributed by atoms with Crippen LogP contribution in [-0.2, 0) is 10.2 Å². The summed E-state index contributed by atoms with van der Waals surface area (Å²) in [4.78, 5) is 0. The average Bonchev–Trinajstić information content (AvgIpc) is 2.75. The fourth-order valence-electron chi connectivity index (χ4n) is 2.27. The maximum Gasteiger partial charge on any atom is 0.282 e. The summed E-state index contributed by atoms with van der Waals surface area (Å²) in [5.41, 5.74) is 5.84. The molecule has 1 heterocycles. The Hall–Kier alpha value is -0.170. The second kappa shape index (κ2) is 7.73. The van der Waals surface area contributed by atoms with Gasteiger partial charge in [0.25, 0.3) is 10.2 Å². The van der Waals surface area contributed by atoms with Crippen molar-refractivity contribution in [2.24, 2.45) is 17.6 Å². The fourth-order valence-corrected chi connectivity index (χ4v) is 3.99. The van der Waals surface area contributed by atoms with Gasteiger partial charge < -0.3 is 5.73 Å². The second-order valence-corrected chi connectivity index (χ2v) is 8.61. The van der Waals surface area contributed by atoms with Crippen LogP contribution in [0.25, 0.3) is 0 Å². The lowest BCUT2D eigenvalue weighted by molar-refractivity contribution is 0.325. The zero-order chi connectivity index (χ0) is 15.3. The summed E-state index contributed by atoms with van der Waals surface area (Å²) >= 11 is 0. The smallest absolute Gasteiger partial charge is 0.282 e. The van der Waals surface area contributed by atoms with Crippen LogP contribution in [0.3, 0.4) is 0 Å². The molecule has 0 radical (unpaired) electrons. The van der Waals surface area contributed by atoms with Gasteiger partial charge in [-0.25, -0.2) is 0 Å². The molecule has 1 rings (SSSR count). The van der Waals surface area contributed by atoms with Crippen LogP contribution in [0.5, 0.6) is 0 Å². The molecule has 1 aliphatic heterocycles. The monoisotopic (exact) mass is 305 g/mol. The van der Waals surface area contributed by atoms with Gasteiger partial charge in [0.05, 0.1) is 0 Å². The summed E-state index contributed by atoms with van der Waals surface area (Å²) in [6, 6.07) is -0.0122. The Kier molecular flexibility index (Phi) is 6.91. The van der Waals surface area contributed by atoms with Gasteiger partial charge >= 0.3 is 0 Å². The highest BCUT2D eigenvalue weighted by Crippen LogP contribution is 2.18. The van der Waals surface area contributed by atoms with Crippen LogP contribution in [0.4, 0.5) is 0 Å². The Morgan fingerprint density at radius 3 is 2.00 bits per heavy atom. The van der Waals surface area contributed by atoms with Gasteiger partial charge in [-0.3, -0.25) is 0 Å². The van der Waals surface area contributed by atoms with Crippen LogP contribution < -0.4 is 5.73 Å². The first-order chi connectivity index (χ1) is 9.23. The summed E-state index contributed by atoms with van der Waals surface area (Å²) in [6.45, 7) is 10.7. The maximum absolute atomic E-state index is 12.7. The van der Waals surface area contributed by atoms with E-state index in [9.17, 15) is 8.42 Å². The molecule has 0 aromatic heterocycles. The lowest BCUT2D eigenvalue weighted by Crippen LogP contribution is -2.45. The highest BCUT2D eigenvalue weighted by Gasteiger charge is 2.34. The van der Waals surface area contributed by atoms with Crippen molar-refractivity contribution in [3.63, 3.8) is 0 Å². The van der Waals surface area contributed by atoms with Gasteiger partial charge in [0.15, 0.2) is 0 Å². The summed E-state index contributed by atoms with van der Waals surface area (Å²) < 4.78 is 28.6. The molecule has 5 nitrogen and oxygen atoms in total. The first-order valence-electron chi connectivity index (χ1n) is 7.74. The van der Waals surface area contributed by atoms with Crippen molar-refractivity contribution in [3.8, 4) is 0 Å². The van der Waals surface area contributed by atoms with Crippen molar-refractivity contribution in [2.75, 3.05) is 26.2 Å². The van der Waals surface area contributed by atoms with Crippen molar-refractivity contribution >= 4 is 10.2 Å². The SMILES string of the molecule is CC(C)CCN(CCC(C)C)S(=O)(=O)N1CC[C@@H](N)C1. The molecular weight excluding hydrogens is 274 g/mol. The third kappa shape index (κ3) is 5.31. The number of hydrogen-bond donors (Lipinski definition) is 1. The van der Waals surface area contributed by atoms with Crippen LogP contribution in [0.15, 0.2) is 0 Å². The minimum atomic E-state index is -3.34. The molecule has 0 aromatic rings. The second-order valence-electron chi connectivity index (χ2n) is 6.68. The quantitative estimate of drug-likeness (QED) is 0.741. The van der Waals surface area contributed by atoms with E-state index >= 15 is 0 Å². The Balaban J connectivity index is 2.73. The van der Waals surface area contributed by atoms with Crippen LogP contribution in [0, 0.1) is 11.8 Å². The van der Waals surface area contributed by atoms with Crippen LogP contribution in [-0.4, -0.2) is 49.2 Å². The van der Waals surface area contributed by atoms with E-state index in [2.05, 4.69) is 27.7 Å². The number of nitrogens with zero attached hydrogens (tertiary/aromatic N) is 2. The Morgan fingerprint density at radius 1 is 1.15 bits per heavy atom. The molecule has 120 valence electrons. The van der Waals surface area contributed by atoms with Gasteiger partial charge in [0.2, 0.25) is 0 Å². The van der Waals surface area contributed by atoms with Gasteiger partial charge in [0, 0.05) is 32.2 Å². The van der Waals surface area contributed by atoms with Gasteiger partial charge in [-0.05, 0) is 31.1 Å². The number of nitrogens with two attached hydrogens (primary N) is 1. The lowest BCUT2D eigenvalue weighted by atomic mass is 10.1. The Bertz CT molecular complexity index is 370. The molecule has 0 aliphatic carbocycles. The van der Waals surface area contributed by atoms with Gasteiger partial charge in [0.1, 0.15) is 0 Å². The van der Waals surface area contributed by atoms with Crippen molar-refractivity contribution < 1.29 is 8.42 Å². The minimum absolute atomic E-state index is 0.0122. The fraction of sp³-hybridized carbons (Fsp3) is 1.00. The highest BCUT2D eigenvalue weighted by molar-refractivity contribution is 7.86.